The first-order valence-corrected chi connectivity index (χ1v) is 5.41. The van der Waals surface area contributed by atoms with Crippen molar-refractivity contribution in [1.29, 1.82) is 0 Å². The van der Waals surface area contributed by atoms with Crippen LogP contribution >= 0.6 is 0 Å². The normalized spacial score (nSPS) is 17.1. The SMILES string of the molecule is CCC(C)(O)CN[C@@H](C)c1cccnc1. The Morgan fingerprint density at radius 2 is 2.33 bits per heavy atom. The summed E-state index contributed by atoms with van der Waals surface area (Å²) in [7, 11) is 0. The monoisotopic (exact) mass is 208 g/mol. The molecule has 3 nitrogen and oxygen atoms in total. The lowest BCUT2D eigenvalue weighted by Crippen LogP contribution is -2.38. The minimum Gasteiger partial charge on any atom is -0.389 e. The van der Waals surface area contributed by atoms with E-state index in [1.807, 2.05) is 32.2 Å². The number of hydrogen-bond acceptors (Lipinski definition) is 3. The van der Waals surface area contributed by atoms with E-state index in [1.54, 1.807) is 6.20 Å². The van der Waals surface area contributed by atoms with Crippen LogP contribution < -0.4 is 5.32 Å². The van der Waals surface area contributed by atoms with Crippen LogP contribution in [0.25, 0.3) is 0 Å². The molecule has 1 unspecified atom stereocenters. The van der Waals surface area contributed by atoms with Gasteiger partial charge in [0.25, 0.3) is 0 Å². The van der Waals surface area contributed by atoms with E-state index in [2.05, 4.69) is 17.2 Å². The average Bonchev–Trinajstić information content (AvgIpc) is 2.27. The van der Waals surface area contributed by atoms with Crippen LogP contribution in [0.2, 0.25) is 0 Å². The number of nitrogens with zero attached hydrogens (tertiary/aromatic N) is 1. The van der Waals surface area contributed by atoms with Crippen molar-refractivity contribution in [3.8, 4) is 0 Å². The third kappa shape index (κ3) is 3.98. The highest BCUT2D eigenvalue weighted by Crippen LogP contribution is 2.12. The molecule has 0 aromatic carbocycles. The van der Waals surface area contributed by atoms with E-state index < -0.39 is 5.60 Å². The van der Waals surface area contributed by atoms with Gasteiger partial charge in [0, 0.05) is 25.0 Å². The number of aliphatic hydroxyl groups is 1. The lowest BCUT2D eigenvalue weighted by atomic mass is 10.0. The van der Waals surface area contributed by atoms with Crippen molar-refractivity contribution < 1.29 is 5.11 Å². The summed E-state index contributed by atoms with van der Waals surface area (Å²) in [4.78, 5) is 4.07. The molecule has 0 spiro atoms. The molecule has 0 saturated carbocycles. The Bertz CT molecular complexity index is 285. The molecule has 0 aliphatic heterocycles. The maximum absolute atomic E-state index is 9.84. The maximum Gasteiger partial charge on any atom is 0.0741 e. The molecule has 2 N–H and O–H groups in total. The minimum absolute atomic E-state index is 0.219. The van der Waals surface area contributed by atoms with Crippen molar-refractivity contribution >= 4 is 0 Å². The van der Waals surface area contributed by atoms with Gasteiger partial charge in [-0.3, -0.25) is 4.98 Å². The van der Waals surface area contributed by atoms with Crippen molar-refractivity contribution in [2.24, 2.45) is 0 Å². The summed E-state index contributed by atoms with van der Waals surface area (Å²) in [5.74, 6) is 0. The molecule has 0 radical (unpaired) electrons. The highest BCUT2D eigenvalue weighted by Gasteiger charge is 2.18. The van der Waals surface area contributed by atoms with Crippen LogP contribution in [0.4, 0.5) is 0 Å². The molecule has 84 valence electrons. The van der Waals surface area contributed by atoms with Crippen LogP contribution in [0.15, 0.2) is 24.5 Å². The summed E-state index contributed by atoms with van der Waals surface area (Å²) >= 11 is 0. The average molecular weight is 208 g/mol. The summed E-state index contributed by atoms with van der Waals surface area (Å²) in [6.45, 7) is 6.49. The Kier molecular flexibility index (Phi) is 4.24. The van der Waals surface area contributed by atoms with Crippen molar-refractivity contribution in [2.75, 3.05) is 6.54 Å². The Morgan fingerprint density at radius 3 is 2.87 bits per heavy atom. The van der Waals surface area contributed by atoms with Crippen LogP contribution in [0.1, 0.15) is 38.8 Å². The van der Waals surface area contributed by atoms with Gasteiger partial charge >= 0.3 is 0 Å². The minimum atomic E-state index is -0.629. The van der Waals surface area contributed by atoms with Gasteiger partial charge in [-0.2, -0.15) is 0 Å². The molecular weight excluding hydrogens is 188 g/mol. The van der Waals surface area contributed by atoms with E-state index in [4.69, 9.17) is 0 Å². The zero-order valence-electron chi connectivity index (χ0n) is 9.70. The Balaban J connectivity index is 2.47. The molecular formula is C12H20N2O. The van der Waals surface area contributed by atoms with Crippen LogP contribution in [0.5, 0.6) is 0 Å². The number of nitrogens with one attached hydrogen (secondary N) is 1. The van der Waals surface area contributed by atoms with Crippen molar-refractivity contribution in [1.82, 2.24) is 10.3 Å². The van der Waals surface area contributed by atoms with Gasteiger partial charge in [-0.1, -0.05) is 13.0 Å². The number of hydrogen-bond donors (Lipinski definition) is 2. The van der Waals surface area contributed by atoms with Gasteiger partial charge in [-0.05, 0) is 31.9 Å². The van der Waals surface area contributed by atoms with Crippen molar-refractivity contribution in [3.63, 3.8) is 0 Å². The predicted molar refractivity (Wildman–Crippen MR) is 61.6 cm³/mol. The second-order valence-electron chi connectivity index (χ2n) is 4.24. The zero-order chi connectivity index (χ0) is 11.3. The Hall–Kier alpha value is -0.930. The molecule has 1 heterocycles. The zero-order valence-corrected chi connectivity index (χ0v) is 9.70. The maximum atomic E-state index is 9.84. The third-order valence-electron chi connectivity index (χ3n) is 2.74. The number of aromatic nitrogens is 1. The largest absolute Gasteiger partial charge is 0.389 e. The second kappa shape index (κ2) is 5.24. The van der Waals surface area contributed by atoms with Crippen molar-refractivity contribution in [3.05, 3.63) is 30.1 Å². The van der Waals surface area contributed by atoms with E-state index in [1.165, 1.54) is 0 Å². The van der Waals surface area contributed by atoms with Crippen LogP contribution in [0, 0.1) is 0 Å². The van der Waals surface area contributed by atoms with Gasteiger partial charge in [-0.15, -0.1) is 0 Å². The Labute approximate surface area is 91.5 Å². The van der Waals surface area contributed by atoms with E-state index in [9.17, 15) is 5.11 Å². The first-order valence-electron chi connectivity index (χ1n) is 5.41. The quantitative estimate of drug-likeness (QED) is 0.776. The van der Waals surface area contributed by atoms with E-state index in [-0.39, 0.29) is 6.04 Å². The summed E-state index contributed by atoms with van der Waals surface area (Å²) in [6, 6.07) is 4.17. The molecule has 0 fully saturated rings. The fraction of sp³-hybridized carbons (Fsp3) is 0.583. The summed E-state index contributed by atoms with van der Waals surface area (Å²) in [5, 5.41) is 13.1. The third-order valence-corrected chi connectivity index (χ3v) is 2.74. The van der Waals surface area contributed by atoms with Gasteiger partial charge in [-0.25, -0.2) is 0 Å². The smallest absolute Gasteiger partial charge is 0.0741 e. The number of rotatable bonds is 5. The van der Waals surface area contributed by atoms with Gasteiger partial charge in [0.1, 0.15) is 0 Å². The first kappa shape index (κ1) is 12.1. The lowest BCUT2D eigenvalue weighted by Gasteiger charge is -2.24. The standard InChI is InChI=1S/C12H20N2O/c1-4-12(3,15)9-14-10(2)11-6-5-7-13-8-11/h5-8,10,14-15H,4,9H2,1-3H3/t10-,12?/m0/s1. The molecule has 1 aromatic rings. The summed E-state index contributed by atoms with van der Waals surface area (Å²) in [5.41, 5.74) is 0.514. The van der Waals surface area contributed by atoms with Gasteiger partial charge in [0.2, 0.25) is 0 Å². The lowest BCUT2D eigenvalue weighted by molar-refractivity contribution is 0.0533. The van der Waals surface area contributed by atoms with Gasteiger partial charge in [0.15, 0.2) is 0 Å². The topological polar surface area (TPSA) is 45.1 Å². The second-order valence-corrected chi connectivity index (χ2v) is 4.24. The molecule has 1 rings (SSSR count). The molecule has 0 aliphatic carbocycles. The molecule has 0 amide bonds. The molecule has 0 bridgehead atoms. The molecule has 2 atom stereocenters. The van der Waals surface area contributed by atoms with Crippen LogP contribution in [-0.2, 0) is 0 Å². The fourth-order valence-corrected chi connectivity index (χ4v) is 1.25. The fourth-order valence-electron chi connectivity index (χ4n) is 1.25. The van der Waals surface area contributed by atoms with Crippen LogP contribution in [0.3, 0.4) is 0 Å². The number of pyridine rings is 1. The van der Waals surface area contributed by atoms with E-state index in [0.29, 0.717) is 6.54 Å². The van der Waals surface area contributed by atoms with Gasteiger partial charge in [0.05, 0.1) is 5.60 Å². The van der Waals surface area contributed by atoms with E-state index >= 15 is 0 Å². The molecule has 3 heteroatoms. The predicted octanol–water partition coefficient (Wildman–Crippen LogP) is 1.89. The molecule has 0 aliphatic rings. The highest BCUT2D eigenvalue weighted by molar-refractivity contribution is 5.12. The highest BCUT2D eigenvalue weighted by atomic mass is 16.3. The molecule has 0 saturated heterocycles. The Morgan fingerprint density at radius 1 is 1.60 bits per heavy atom. The van der Waals surface area contributed by atoms with Gasteiger partial charge < -0.3 is 10.4 Å². The summed E-state index contributed by atoms with van der Waals surface area (Å²) in [6.07, 6.45) is 4.36. The summed E-state index contributed by atoms with van der Waals surface area (Å²) < 4.78 is 0. The first-order chi connectivity index (χ1) is 7.05. The van der Waals surface area contributed by atoms with Crippen LogP contribution in [-0.4, -0.2) is 22.2 Å². The molecule has 15 heavy (non-hydrogen) atoms. The molecule has 1 aromatic heterocycles. The van der Waals surface area contributed by atoms with E-state index in [0.717, 1.165) is 12.0 Å². The van der Waals surface area contributed by atoms with Crippen molar-refractivity contribution in [2.45, 2.75) is 38.8 Å².